The Bertz CT molecular complexity index is 362. The number of hydrogen-bond acceptors (Lipinski definition) is 4. The van der Waals surface area contributed by atoms with Gasteiger partial charge in [-0.2, -0.15) is 0 Å². The molecule has 1 amide bonds. The Labute approximate surface area is 167 Å². The fourth-order valence-corrected chi connectivity index (χ4v) is 3.17. The number of amides is 1. The minimum Gasteiger partial charge on any atom is -0.444 e. The van der Waals surface area contributed by atoms with Gasteiger partial charge in [0, 0.05) is 0 Å². The highest BCUT2D eigenvalue weighted by atomic mass is 16.6. The largest absolute Gasteiger partial charge is 0.444 e. The maximum absolute atomic E-state index is 12.0. The molecule has 0 radical (unpaired) electrons. The van der Waals surface area contributed by atoms with Crippen LogP contribution in [-0.2, 0) is 4.74 Å². The number of rotatable bonds is 16. The first-order chi connectivity index (χ1) is 12.8. The zero-order valence-corrected chi connectivity index (χ0v) is 18.3. The summed E-state index contributed by atoms with van der Waals surface area (Å²) in [4.78, 5) is 12.0. The van der Waals surface area contributed by atoms with Crippen molar-refractivity contribution in [1.29, 1.82) is 0 Å². The minimum absolute atomic E-state index is 0.291. The Kier molecular flexibility index (Phi) is 14.7. The van der Waals surface area contributed by atoms with Crippen molar-refractivity contribution in [3.8, 4) is 0 Å². The number of ether oxygens (including phenoxy) is 1. The van der Waals surface area contributed by atoms with Gasteiger partial charge in [-0.3, -0.25) is 0 Å². The molecule has 162 valence electrons. The zero-order valence-electron chi connectivity index (χ0n) is 18.3. The molecule has 5 nitrogen and oxygen atoms in total. The highest BCUT2D eigenvalue weighted by Gasteiger charge is 2.32. The van der Waals surface area contributed by atoms with Gasteiger partial charge < -0.3 is 20.3 Å². The molecule has 0 aliphatic heterocycles. The number of aliphatic hydroxyl groups is 2. The lowest BCUT2D eigenvalue weighted by atomic mass is 9.93. The summed E-state index contributed by atoms with van der Waals surface area (Å²) < 4.78 is 5.24. The Morgan fingerprint density at radius 1 is 0.778 bits per heavy atom. The molecule has 0 atom stereocenters. The Hall–Kier alpha value is -0.810. The standard InChI is InChI=1S/C22H45NO4/c1-5-6-7-8-9-10-11-12-13-14-15-16-17-22(18-24,19-25)23-20(26)27-21(2,3)4/h24-25H,5-19H2,1-4H3,(H,23,26). The molecule has 0 aromatic rings. The molecule has 0 saturated heterocycles. The second-order valence-electron chi connectivity index (χ2n) is 8.86. The molecule has 0 rings (SSSR count). The van der Waals surface area contributed by atoms with E-state index in [9.17, 15) is 15.0 Å². The third kappa shape index (κ3) is 14.9. The number of aliphatic hydroxyl groups excluding tert-OH is 2. The quantitative estimate of drug-likeness (QED) is 0.313. The first-order valence-corrected chi connectivity index (χ1v) is 11.0. The summed E-state index contributed by atoms with van der Waals surface area (Å²) in [6, 6.07) is 0. The van der Waals surface area contributed by atoms with E-state index >= 15 is 0 Å². The second kappa shape index (κ2) is 15.2. The monoisotopic (exact) mass is 387 g/mol. The third-order valence-corrected chi connectivity index (χ3v) is 4.88. The van der Waals surface area contributed by atoms with Gasteiger partial charge in [-0.15, -0.1) is 0 Å². The van der Waals surface area contributed by atoms with Crippen molar-refractivity contribution < 1.29 is 19.7 Å². The lowest BCUT2D eigenvalue weighted by molar-refractivity contribution is 0.0269. The van der Waals surface area contributed by atoms with Gasteiger partial charge in [0.2, 0.25) is 0 Å². The molecule has 0 aliphatic rings. The van der Waals surface area contributed by atoms with E-state index < -0.39 is 17.2 Å². The SMILES string of the molecule is CCCCCCCCCCCCCCC(CO)(CO)NC(=O)OC(C)(C)C. The van der Waals surface area contributed by atoms with Crippen molar-refractivity contribution in [2.45, 2.75) is 122 Å². The Morgan fingerprint density at radius 3 is 1.56 bits per heavy atom. The lowest BCUT2D eigenvalue weighted by Gasteiger charge is -2.32. The second-order valence-corrected chi connectivity index (χ2v) is 8.86. The zero-order chi connectivity index (χ0) is 20.6. The van der Waals surface area contributed by atoms with Crippen molar-refractivity contribution in [3.63, 3.8) is 0 Å². The van der Waals surface area contributed by atoms with Gasteiger partial charge in [-0.25, -0.2) is 4.79 Å². The molecule has 0 aromatic carbocycles. The van der Waals surface area contributed by atoms with E-state index in [0.29, 0.717) is 6.42 Å². The van der Waals surface area contributed by atoms with Crippen LogP contribution < -0.4 is 5.32 Å². The summed E-state index contributed by atoms with van der Waals surface area (Å²) in [5.41, 5.74) is -1.60. The van der Waals surface area contributed by atoms with Crippen LogP contribution in [-0.4, -0.2) is 40.7 Å². The van der Waals surface area contributed by atoms with Crippen LogP contribution in [0.5, 0.6) is 0 Å². The first-order valence-electron chi connectivity index (χ1n) is 11.0. The van der Waals surface area contributed by atoms with Crippen LogP contribution in [0.2, 0.25) is 0 Å². The van der Waals surface area contributed by atoms with E-state index in [1.807, 2.05) is 0 Å². The third-order valence-electron chi connectivity index (χ3n) is 4.88. The van der Waals surface area contributed by atoms with Crippen LogP contribution >= 0.6 is 0 Å². The van der Waals surface area contributed by atoms with E-state index in [1.54, 1.807) is 20.8 Å². The summed E-state index contributed by atoms with van der Waals surface area (Å²) in [5.74, 6) is 0. The molecule has 3 N–H and O–H groups in total. The number of carbonyl (C=O) groups is 1. The molecular formula is C22H45NO4. The minimum atomic E-state index is -0.999. The van der Waals surface area contributed by atoms with Gasteiger partial charge in [0.1, 0.15) is 5.60 Å². The molecule has 0 bridgehead atoms. The van der Waals surface area contributed by atoms with Gasteiger partial charge in [0.25, 0.3) is 0 Å². The summed E-state index contributed by atoms with van der Waals surface area (Å²) in [7, 11) is 0. The average molecular weight is 388 g/mol. The van der Waals surface area contributed by atoms with Gasteiger partial charge in [-0.1, -0.05) is 84.0 Å². The van der Waals surface area contributed by atoms with Crippen LogP contribution in [0.15, 0.2) is 0 Å². The predicted molar refractivity (Wildman–Crippen MR) is 112 cm³/mol. The van der Waals surface area contributed by atoms with E-state index in [-0.39, 0.29) is 13.2 Å². The maximum atomic E-state index is 12.0. The molecule has 0 saturated carbocycles. The number of hydrogen-bond donors (Lipinski definition) is 3. The van der Waals surface area contributed by atoms with Crippen LogP contribution in [0, 0.1) is 0 Å². The fraction of sp³-hybridized carbons (Fsp3) is 0.955. The molecule has 0 aromatic heterocycles. The molecule has 0 unspecified atom stereocenters. The van der Waals surface area contributed by atoms with Crippen molar-refractivity contribution in [2.24, 2.45) is 0 Å². The molecule has 0 aliphatic carbocycles. The number of alkyl carbamates (subject to hydrolysis) is 1. The molecule has 0 heterocycles. The van der Waals surface area contributed by atoms with Crippen LogP contribution in [0.25, 0.3) is 0 Å². The van der Waals surface area contributed by atoms with E-state index in [4.69, 9.17) is 4.74 Å². The normalized spacial score (nSPS) is 12.2. The summed E-state index contributed by atoms with van der Waals surface area (Å²) >= 11 is 0. The first kappa shape index (κ1) is 26.2. The predicted octanol–water partition coefficient (Wildman–Crippen LogP) is 5.33. The van der Waals surface area contributed by atoms with Crippen molar-refractivity contribution in [3.05, 3.63) is 0 Å². The van der Waals surface area contributed by atoms with E-state index in [0.717, 1.165) is 19.3 Å². The molecular weight excluding hydrogens is 342 g/mol. The molecule has 0 fully saturated rings. The smallest absolute Gasteiger partial charge is 0.408 e. The Morgan fingerprint density at radius 2 is 1.19 bits per heavy atom. The van der Waals surface area contributed by atoms with E-state index in [2.05, 4.69) is 12.2 Å². The maximum Gasteiger partial charge on any atom is 0.408 e. The van der Waals surface area contributed by atoms with Crippen LogP contribution in [0.3, 0.4) is 0 Å². The highest BCUT2D eigenvalue weighted by molar-refractivity contribution is 5.68. The van der Waals surface area contributed by atoms with Crippen LogP contribution in [0.1, 0.15) is 111 Å². The van der Waals surface area contributed by atoms with Gasteiger partial charge >= 0.3 is 6.09 Å². The fourth-order valence-electron chi connectivity index (χ4n) is 3.17. The number of unbranched alkanes of at least 4 members (excludes halogenated alkanes) is 11. The topological polar surface area (TPSA) is 78.8 Å². The number of carbonyl (C=O) groups excluding carboxylic acids is 1. The van der Waals surface area contributed by atoms with Crippen molar-refractivity contribution >= 4 is 6.09 Å². The number of nitrogens with one attached hydrogen (secondary N) is 1. The van der Waals surface area contributed by atoms with Crippen LogP contribution in [0.4, 0.5) is 4.79 Å². The van der Waals surface area contributed by atoms with Crippen molar-refractivity contribution in [2.75, 3.05) is 13.2 Å². The molecule has 0 spiro atoms. The summed E-state index contributed by atoms with van der Waals surface area (Å²) in [5, 5.41) is 22.0. The van der Waals surface area contributed by atoms with Gasteiger partial charge in [0.05, 0.1) is 18.8 Å². The lowest BCUT2D eigenvalue weighted by Crippen LogP contribution is -2.55. The Balaban J connectivity index is 3.85. The average Bonchev–Trinajstić information content (AvgIpc) is 2.60. The van der Waals surface area contributed by atoms with E-state index in [1.165, 1.54) is 57.8 Å². The highest BCUT2D eigenvalue weighted by Crippen LogP contribution is 2.18. The van der Waals surface area contributed by atoms with Gasteiger partial charge in [0.15, 0.2) is 0 Å². The van der Waals surface area contributed by atoms with Crippen molar-refractivity contribution in [1.82, 2.24) is 5.32 Å². The molecule has 27 heavy (non-hydrogen) atoms. The molecule has 5 heteroatoms. The van der Waals surface area contributed by atoms with Gasteiger partial charge in [-0.05, 0) is 27.2 Å². The summed E-state index contributed by atoms with van der Waals surface area (Å²) in [6.07, 6.45) is 15.0. The summed E-state index contributed by atoms with van der Waals surface area (Å²) in [6.45, 7) is 7.03.